The van der Waals surface area contributed by atoms with E-state index in [0.29, 0.717) is 5.69 Å². The first kappa shape index (κ1) is 15.9. The number of anilines is 1. The Morgan fingerprint density at radius 2 is 1.89 bits per heavy atom. The van der Waals surface area contributed by atoms with Crippen LogP contribution in [0.25, 0.3) is 0 Å². The van der Waals surface area contributed by atoms with E-state index in [-0.39, 0.29) is 24.1 Å². The number of hydrogen-bond acceptors (Lipinski definition) is 5. The van der Waals surface area contributed by atoms with Crippen LogP contribution in [0.5, 0.6) is 0 Å². The summed E-state index contributed by atoms with van der Waals surface area (Å²) < 4.78 is 26.7. The molecule has 1 aromatic rings. The van der Waals surface area contributed by atoms with E-state index < -0.39 is 16.1 Å². The summed E-state index contributed by atoms with van der Waals surface area (Å²) in [6.45, 7) is 3.17. The summed E-state index contributed by atoms with van der Waals surface area (Å²) in [7, 11) is -3.60. The number of aliphatic hydroxyl groups excluding tert-OH is 2. The van der Waals surface area contributed by atoms with Crippen molar-refractivity contribution in [3.63, 3.8) is 0 Å². The van der Waals surface area contributed by atoms with Crippen LogP contribution in [-0.4, -0.2) is 43.9 Å². The van der Waals surface area contributed by atoms with Gasteiger partial charge in [-0.15, -0.1) is 0 Å². The molecule has 0 radical (unpaired) electrons. The summed E-state index contributed by atoms with van der Waals surface area (Å²) >= 11 is 0. The lowest BCUT2D eigenvalue weighted by atomic mass is 10.3. The molecular formula is C12H20N2O4S. The first-order valence-corrected chi connectivity index (χ1v) is 7.49. The molecule has 7 heteroatoms. The number of sulfonamides is 1. The monoisotopic (exact) mass is 288 g/mol. The van der Waals surface area contributed by atoms with Gasteiger partial charge >= 0.3 is 0 Å². The van der Waals surface area contributed by atoms with Gasteiger partial charge in [-0.25, -0.2) is 13.1 Å². The highest BCUT2D eigenvalue weighted by atomic mass is 32.2. The molecule has 0 aromatic heterocycles. The van der Waals surface area contributed by atoms with Crippen LogP contribution in [0, 0.1) is 0 Å². The van der Waals surface area contributed by atoms with Crippen LogP contribution in [0.1, 0.15) is 13.8 Å². The van der Waals surface area contributed by atoms with Gasteiger partial charge in [-0.05, 0) is 26.0 Å². The zero-order chi connectivity index (χ0) is 14.5. The Labute approximate surface area is 113 Å². The van der Waals surface area contributed by atoms with Gasteiger partial charge in [0.05, 0.1) is 18.4 Å². The van der Waals surface area contributed by atoms with E-state index in [4.69, 9.17) is 5.11 Å². The lowest BCUT2D eigenvalue weighted by Crippen LogP contribution is -2.31. The SMILES string of the molecule is CC(C)NS(=O)(=O)c1ccccc1NCC(O)CO. The Bertz CT molecular complexity index is 502. The van der Waals surface area contributed by atoms with Crippen LogP contribution in [0.2, 0.25) is 0 Å². The predicted octanol–water partition coefficient (Wildman–Crippen LogP) is 0.138. The Morgan fingerprint density at radius 3 is 2.47 bits per heavy atom. The summed E-state index contributed by atoms with van der Waals surface area (Å²) in [6, 6.07) is 6.21. The molecule has 0 saturated heterocycles. The molecule has 1 rings (SSSR count). The molecule has 1 unspecified atom stereocenters. The normalized spacial score (nSPS) is 13.5. The smallest absolute Gasteiger partial charge is 0.242 e. The van der Waals surface area contributed by atoms with Crippen LogP contribution in [0.3, 0.4) is 0 Å². The quantitative estimate of drug-likeness (QED) is 0.572. The van der Waals surface area contributed by atoms with Gasteiger partial charge in [-0.1, -0.05) is 12.1 Å². The van der Waals surface area contributed by atoms with Crippen molar-refractivity contribution in [2.75, 3.05) is 18.5 Å². The van der Waals surface area contributed by atoms with Crippen molar-refractivity contribution < 1.29 is 18.6 Å². The van der Waals surface area contributed by atoms with Gasteiger partial charge in [0.1, 0.15) is 4.90 Å². The number of benzene rings is 1. The summed E-state index contributed by atoms with van der Waals surface area (Å²) in [5.74, 6) is 0. The lowest BCUT2D eigenvalue weighted by Gasteiger charge is -2.16. The molecule has 108 valence electrons. The highest BCUT2D eigenvalue weighted by molar-refractivity contribution is 7.89. The van der Waals surface area contributed by atoms with Crippen molar-refractivity contribution in [3.8, 4) is 0 Å². The molecule has 0 bridgehead atoms. The predicted molar refractivity (Wildman–Crippen MR) is 73.5 cm³/mol. The molecule has 0 fully saturated rings. The molecule has 4 N–H and O–H groups in total. The van der Waals surface area contributed by atoms with E-state index in [1.807, 2.05) is 0 Å². The maximum atomic E-state index is 12.1. The second-order valence-electron chi connectivity index (χ2n) is 4.49. The Balaban J connectivity index is 2.96. The summed E-state index contributed by atoms with van der Waals surface area (Å²) in [5, 5.41) is 20.8. The van der Waals surface area contributed by atoms with Crippen LogP contribution in [-0.2, 0) is 10.0 Å². The summed E-state index contributed by atoms with van der Waals surface area (Å²) in [5.41, 5.74) is 0.392. The third kappa shape index (κ3) is 4.79. The van der Waals surface area contributed by atoms with Crippen molar-refractivity contribution in [1.82, 2.24) is 4.72 Å². The molecule has 0 heterocycles. The van der Waals surface area contributed by atoms with Gasteiger partial charge < -0.3 is 15.5 Å². The zero-order valence-corrected chi connectivity index (χ0v) is 11.8. The van der Waals surface area contributed by atoms with Gasteiger partial charge in [0, 0.05) is 12.6 Å². The number of aliphatic hydroxyl groups is 2. The fraction of sp³-hybridized carbons (Fsp3) is 0.500. The average molecular weight is 288 g/mol. The minimum absolute atomic E-state index is 0.0741. The molecule has 6 nitrogen and oxygen atoms in total. The van der Waals surface area contributed by atoms with Crippen LogP contribution < -0.4 is 10.0 Å². The fourth-order valence-corrected chi connectivity index (χ4v) is 2.95. The summed E-state index contributed by atoms with van der Waals surface area (Å²) in [6.07, 6.45) is -0.936. The first-order valence-electron chi connectivity index (χ1n) is 6.01. The van der Waals surface area contributed by atoms with E-state index >= 15 is 0 Å². The van der Waals surface area contributed by atoms with E-state index in [0.717, 1.165) is 0 Å². The number of para-hydroxylation sites is 1. The molecule has 0 aliphatic rings. The maximum absolute atomic E-state index is 12.1. The number of hydrogen-bond donors (Lipinski definition) is 4. The van der Waals surface area contributed by atoms with Gasteiger partial charge in [0.15, 0.2) is 0 Å². The molecule has 0 amide bonds. The van der Waals surface area contributed by atoms with E-state index in [1.54, 1.807) is 32.0 Å². The van der Waals surface area contributed by atoms with E-state index in [9.17, 15) is 13.5 Å². The van der Waals surface area contributed by atoms with Crippen molar-refractivity contribution in [2.45, 2.75) is 30.9 Å². The van der Waals surface area contributed by atoms with Crippen LogP contribution in [0.15, 0.2) is 29.2 Å². The van der Waals surface area contributed by atoms with Crippen LogP contribution in [0.4, 0.5) is 5.69 Å². The summed E-state index contributed by atoms with van der Waals surface area (Å²) in [4.78, 5) is 0.119. The number of nitrogens with one attached hydrogen (secondary N) is 2. The minimum atomic E-state index is -3.60. The van der Waals surface area contributed by atoms with E-state index in [1.165, 1.54) is 6.07 Å². The van der Waals surface area contributed by atoms with Crippen molar-refractivity contribution in [3.05, 3.63) is 24.3 Å². The third-order valence-electron chi connectivity index (χ3n) is 2.31. The maximum Gasteiger partial charge on any atom is 0.242 e. The Hall–Kier alpha value is -1.15. The average Bonchev–Trinajstić information content (AvgIpc) is 2.34. The van der Waals surface area contributed by atoms with E-state index in [2.05, 4.69) is 10.0 Å². The largest absolute Gasteiger partial charge is 0.394 e. The molecule has 1 atom stereocenters. The standard InChI is InChI=1S/C12H20N2O4S/c1-9(2)14-19(17,18)12-6-4-3-5-11(12)13-7-10(16)8-15/h3-6,9-10,13-16H,7-8H2,1-2H3. The fourth-order valence-electron chi connectivity index (χ4n) is 1.51. The van der Waals surface area contributed by atoms with Crippen molar-refractivity contribution >= 4 is 15.7 Å². The number of rotatable bonds is 7. The second-order valence-corrected chi connectivity index (χ2v) is 6.17. The van der Waals surface area contributed by atoms with Gasteiger partial charge in [0.25, 0.3) is 0 Å². The zero-order valence-electron chi connectivity index (χ0n) is 11.0. The topological polar surface area (TPSA) is 98.7 Å². The molecule has 0 spiro atoms. The highest BCUT2D eigenvalue weighted by Crippen LogP contribution is 2.20. The van der Waals surface area contributed by atoms with Gasteiger partial charge in [-0.2, -0.15) is 0 Å². The molecule has 0 aliphatic carbocycles. The molecule has 1 aromatic carbocycles. The third-order valence-corrected chi connectivity index (χ3v) is 4.02. The molecule has 19 heavy (non-hydrogen) atoms. The van der Waals surface area contributed by atoms with Gasteiger partial charge in [0.2, 0.25) is 10.0 Å². The molecule has 0 aliphatic heterocycles. The van der Waals surface area contributed by atoms with Crippen LogP contribution >= 0.6 is 0 Å². The van der Waals surface area contributed by atoms with Gasteiger partial charge in [-0.3, -0.25) is 0 Å². The lowest BCUT2D eigenvalue weighted by molar-refractivity contribution is 0.105. The van der Waals surface area contributed by atoms with Crippen molar-refractivity contribution in [1.29, 1.82) is 0 Å². The Kier molecular flexibility index (Phi) is 5.74. The van der Waals surface area contributed by atoms with Crippen molar-refractivity contribution in [2.24, 2.45) is 0 Å². The second kappa shape index (κ2) is 6.85. The Morgan fingerprint density at radius 1 is 1.26 bits per heavy atom. The highest BCUT2D eigenvalue weighted by Gasteiger charge is 2.19. The molecule has 0 saturated carbocycles. The first-order chi connectivity index (χ1) is 8.86. The molecular weight excluding hydrogens is 268 g/mol. The minimum Gasteiger partial charge on any atom is -0.394 e.